The van der Waals surface area contributed by atoms with Crippen LogP contribution in [-0.2, 0) is 6.18 Å². The summed E-state index contributed by atoms with van der Waals surface area (Å²) >= 11 is 0. The maximum Gasteiger partial charge on any atom is 0.416 e. The summed E-state index contributed by atoms with van der Waals surface area (Å²) in [5.74, 6) is -0.994. The SMILES string of the molecule is C=CCNC(C#N)c1ccc(F)cc1C(F)(F)F. The number of rotatable bonds is 4. The number of nitriles is 1. The Balaban J connectivity index is 3.22. The molecule has 0 amide bonds. The Hall–Kier alpha value is -1.87. The summed E-state index contributed by atoms with van der Waals surface area (Å²) in [7, 11) is 0. The number of benzene rings is 1. The molecule has 1 aromatic rings. The Labute approximate surface area is 102 Å². The van der Waals surface area contributed by atoms with Crippen molar-refractivity contribution in [3.05, 3.63) is 47.8 Å². The fourth-order valence-electron chi connectivity index (χ4n) is 1.45. The van der Waals surface area contributed by atoms with E-state index in [2.05, 4.69) is 11.9 Å². The fraction of sp³-hybridized carbons (Fsp3) is 0.250. The van der Waals surface area contributed by atoms with Crippen molar-refractivity contribution in [3.8, 4) is 6.07 Å². The van der Waals surface area contributed by atoms with Gasteiger partial charge in [-0.25, -0.2) is 4.39 Å². The van der Waals surface area contributed by atoms with E-state index >= 15 is 0 Å². The van der Waals surface area contributed by atoms with Crippen LogP contribution in [0.1, 0.15) is 17.2 Å². The number of hydrogen-bond donors (Lipinski definition) is 1. The molecule has 0 radical (unpaired) electrons. The molecule has 2 nitrogen and oxygen atoms in total. The van der Waals surface area contributed by atoms with Gasteiger partial charge in [-0.15, -0.1) is 6.58 Å². The van der Waals surface area contributed by atoms with Gasteiger partial charge in [0, 0.05) is 6.54 Å². The van der Waals surface area contributed by atoms with Crippen molar-refractivity contribution in [2.75, 3.05) is 6.54 Å². The molecule has 0 heterocycles. The van der Waals surface area contributed by atoms with E-state index in [1.54, 1.807) is 6.07 Å². The zero-order chi connectivity index (χ0) is 13.8. The highest BCUT2D eigenvalue weighted by molar-refractivity contribution is 5.36. The lowest BCUT2D eigenvalue weighted by Crippen LogP contribution is -2.23. The first-order valence-electron chi connectivity index (χ1n) is 5.00. The monoisotopic (exact) mass is 258 g/mol. The van der Waals surface area contributed by atoms with Crippen LogP contribution >= 0.6 is 0 Å². The molecule has 0 bridgehead atoms. The zero-order valence-corrected chi connectivity index (χ0v) is 9.26. The molecule has 6 heteroatoms. The summed E-state index contributed by atoms with van der Waals surface area (Å²) in [4.78, 5) is 0. The first kappa shape index (κ1) is 14.2. The van der Waals surface area contributed by atoms with Crippen LogP contribution < -0.4 is 5.32 Å². The van der Waals surface area contributed by atoms with Gasteiger partial charge in [0.15, 0.2) is 0 Å². The lowest BCUT2D eigenvalue weighted by Gasteiger charge is -2.17. The molecule has 1 aromatic carbocycles. The minimum absolute atomic E-state index is 0.174. The Bertz CT molecular complexity index is 474. The average molecular weight is 258 g/mol. The maximum absolute atomic E-state index is 12.9. The van der Waals surface area contributed by atoms with Crippen molar-refractivity contribution in [2.45, 2.75) is 12.2 Å². The minimum Gasteiger partial charge on any atom is -0.295 e. The molecule has 0 aliphatic carbocycles. The molecule has 0 aromatic heterocycles. The van der Waals surface area contributed by atoms with Crippen LogP contribution in [0.25, 0.3) is 0 Å². The topological polar surface area (TPSA) is 35.8 Å². The van der Waals surface area contributed by atoms with Crippen molar-refractivity contribution in [1.29, 1.82) is 5.26 Å². The van der Waals surface area contributed by atoms with E-state index in [9.17, 15) is 17.6 Å². The van der Waals surface area contributed by atoms with Crippen molar-refractivity contribution in [1.82, 2.24) is 5.32 Å². The molecule has 0 saturated carbocycles. The van der Waals surface area contributed by atoms with E-state index in [0.717, 1.165) is 12.1 Å². The highest BCUT2D eigenvalue weighted by Crippen LogP contribution is 2.34. The standard InChI is InChI=1S/C12H10F4N2/c1-2-5-18-11(7-17)9-4-3-8(13)6-10(9)12(14,15)16/h2-4,6,11,18H,1,5H2. The Kier molecular flexibility index (Phi) is 4.45. The van der Waals surface area contributed by atoms with Gasteiger partial charge in [-0.1, -0.05) is 12.1 Å². The molecule has 1 rings (SSSR count). The van der Waals surface area contributed by atoms with Gasteiger partial charge in [-0.05, 0) is 17.7 Å². The summed E-state index contributed by atoms with van der Waals surface area (Å²) in [5, 5.41) is 11.4. The van der Waals surface area contributed by atoms with Crippen LogP contribution in [0.15, 0.2) is 30.9 Å². The summed E-state index contributed by atoms with van der Waals surface area (Å²) in [6.07, 6.45) is -3.29. The van der Waals surface area contributed by atoms with Crippen LogP contribution in [0.3, 0.4) is 0 Å². The first-order valence-corrected chi connectivity index (χ1v) is 5.00. The van der Waals surface area contributed by atoms with E-state index < -0.39 is 23.6 Å². The van der Waals surface area contributed by atoms with Gasteiger partial charge in [0.05, 0.1) is 11.6 Å². The molecular weight excluding hydrogens is 248 g/mol. The Morgan fingerprint density at radius 2 is 2.11 bits per heavy atom. The normalized spacial score (nSPS) is 12.8. The van der Waals surface area contributed by atoms with Crippen LogP contribution in [0.5, 0.6) is 0 Å². The smallest absolute Gasteiger partial charge is 0.295 e. The van der Waals surface area contributed by atoms with E-state index in [4.69, 9.17) is 5.26 Å². The van der Waals surface area contributed by atoms with Crippen LogP contribution in [0.4, 0.5) is 17.6 Å². The highest BCUT2D eigenvalue weighted by atomic mass is 19.4. The minimum atomic E-state index is -4.71. The molecule has 0 spiro atoms. The van der Waals surface area contributed by atoms with E-state index in [1.165, 1.54) is 6.08 Å². The molecule has 1 unspecified atom stereocenters. The zero-order valence-electron chi connectivity index (χ0n) is 9.26. The predicted molar refractivity (Wildman–Crippen MR) is 58.0 cm³/mol. The van der Waals surface area contributed by atoms with Crippen LogP contribution in [-0.4, -0.2) is 6.54 Å². The predicted octanol–water partition coefficient (Wildman–Crippen LogP) is 3.18. The van der Waals surface area contributed by atoms with Crippen molar-refractivity contribution < 1.29 is 17.6 Å². The highest BCUT2D eigenvalue weighted by Gasteiger charge is 2.35. The van der Waals surface area contributed by atoms with Gasteiger partial charge in [-0.3, -0.25) is 5.32 Å². The van der Waals surface area contributed by atoms with Crippen molar-refractivity contribution in [3.63, 3.8) is 0 Å². The van der Waals surface area contributed by atoms with E-state index in [1.807, 2.05) is 0 Å². The number of halogens is 4. The third-order valence-corrected chi connectivity index (χ3v) is 2.23. The Morgan fingerprint density at radius 1 is 1.44 bits per heavy atom. The molecule has 0 aliphatic rings. The largest absolute Gasteiger partial charge is 0.416 e. The summed E-state index contributed by atoms with van der Waals surface area (Å²) in [5.41, 5.74) is -1.45. The molecule has 0 fully saturated rings. The second-order valence-electron chi connectivity index (χ2n) is 3.49. The fourth-order valence-corrected chi connectivity index (χ4v) is 1.45. The molecule has 0 saturated heterocycles. The van der Waals surface area contributed by atoms with Gasteiger partial charge in [-0.2, -0.15) is 18.4 Å². The molecular formula is C12H10F4N2. The number of alkyl halides is 3. The quantitative estimate of drug-likeness (QED) is 0.665. The van der Waals surface area contributed by atoms with Gasteiger partial charge in [0.1, 0.15) is 11.9 Å². The third kappa shape index (κ3) is 3.31. The van der Waals surface area contributed by atoms with Gasteiger partial charge in [0.25, 0.3) is 0 Å². The maximum atomic E-state index is 12.9. The lowest BCUT2D eigenvalue weighted by atomic mass is 10.0. The second-order valence-corrected chi connectivity index (χ2v) is 3.49. The molecule has 1 atom stereocenters. The molecule has 0 aliphatic heterocycles. The van der Waals surface area contributed by atoms with Gasteiger partial charge in [0.2, 0.25) is 0 Å². The lowest BCUT2D eigenvalue weighted by molar-refractivity contribution is -0.138. The summed E-state index contributed by atoms with van der Waals surface area (Å²) < 4.78 is 51.0. The van der Waals surface area contributed by atoms with Crippen molar-refractivity contribution >= 4 is 0 Å². The molecule has 96 valence electrons. The number of nitrogens with zero attached hydrogens (tertiary/aromatic N) is 1. The van der Waals surface area contributed by atoms with E-state index in [-0.39, 0.29) is 12.1 Å². The van der Waals surface area contributed by atoms with Crippen LogP contribution in [0, 0.1) is 17.1 Å². The van der Waals surface area contributed by atoms with E-state index in [0.29, 0.717) is 6.07 Å². The number of hydrogen-bond acceptors (Lipinski definition) is 2. The van der Waals surface area contributed by atoms with Gasteiger partial charge < -0.3 is 0 Å². The third-order valence-electron chi connectivity index (χ3n) is 2.23. The molecule has 18 heavy (non-hydrogen) atoms. The summed E-state index contributed by atoms with van der Waals surface area (Å²) in [6.45, 7) is 3.57. The van der Waals surface area contributed by atoms with Crippen molar-refractivity contribution in [2.24, 2.45) is 0 Å². The average Bonchev–Trinajstić information content (AvgIpc) is 2.30. The van der Waals surface area contributed by atoms with Crippen LogP contribution in [0.2, 0.25) is 0 Å². The second kappa shape index (κ2) is 5.65. The van der Waals surface area contributed by atoms with Gasteiger partial charge >= 0.3 is 6.18 Å². The summed E-state index contributed by atoms with van der Waals surface area (Å²) in [6, 6.07) is 2.78. The number of nitrogens with one attached hydrogen (secondary N) is 1. The molecule has 1 N–H and O–H groups in total. The first-order chi connectivity index (χ1) is 8.40. The Morgan fingerprint density at radius 3 is 2.61 bits per heavy atom.